The second-order valence-corrected chi connectivity index (χ2v) is 8.44. The average Bonchev–Trinajstić information content (AvgIpc) is 2.45. The highest BCUT2D eigenvalue weighted by Crippen LogP contribution is 2.39. The standard InChI is InChI=1S/C17H29NO4/c1-11(21-15(2,3)4)12-10-17(8,9)13(19)18(12)14(20)22-16(5,6)7/h12H,1,10H2,2-9H3/t12-/m0/s1. The molecule has 1 aliphatic heterocycles. The molecule has 5 nitrogen and oxygen atoms in total. The van der Waals surface area contributed by atoms with E-state index in [0.717, 1.165) is 4.90 Å². The molecule has 1 saturated heterocycles. The predicted molar refractivity (Wildman–Crippen MR) is 85.2 cm³/mol. The summed E-state index contributed by atoms with van der Waals surface area (Å²) in [6.45, 7) is 18.6. The third kappa shape index (κ3) is 4.49. The van der Waals surface area contributed by atoms with Crippen LogP contribution in [0.1, 0.15) is 61.8 Å². The van der Waals surface area contributed by atoms with Crippen molar-refractivity contribution in [2.75, 3.05) is 0 Å². The van der Waals surface area contributed by atoms with Gasteiger partial charge in [-0.05, 0) is 48.0 Å². The molecule has 1 aliphatic rings. The van der Waals surface area contributed by atoms with E-state index in [1.165, 1.54) is 0 Å². The third-order valence-corrected chi connectivity index (χ3v) is 3.21. The molecular formula is C17H29NO4. The van der Waals surface area contributed by atoms with E-state index in [0.29, 0.717) is 12.2 Å². The molecule has 1 rings (SSSR count). The summed E-state index contributed by atoms with van der Waals surface area (Å²) in [4.78, 5) is 26.1. The first-order valence-corrected chi connectivity index (χ1v) is 7.58. The smallest absolute Gasteiger partial charge is 0.417 e. The van der Waals surface area contributed by atoms with Crippen molar-refractivity contribution in [3.63, 3.8) is 0 Å². The van der Waals surface area contributed by atoms with Gasteiger partial charge in [-0.2, -0.15) is 0 Å². The Balaban J connectivity index is 3.05. The Hall–Kier alpha value is -1.52. The van der Waals surface area contributed by atoms with E-state index in [1.807, 2.05) is 34.6 Å². The summed E-state index contributed by atoms with van der Waals surface area (Å²) in [6, 6.07) is -0.503. The van der Waals surface area contributed by atoms with Gasteiger partial charge in [-0.3, -0.25) is 4.79 Å². The van der Waals surface area contributed by atoms with Crippen molar-refractivity contribution in [2.24, 2.45) is 5.41 Å². The maximum Gasteiger partial charge on any atom is 0.417 e. The highest BCUT2D eigenvalue weighted by Gasteiger charge is 2.51. The number of rotatable bonds is 2. The molecule has 1 heterocycles. The van der Waals surface area contributed by atoms with Gasteiger partial charge in [0.1, 0.15) is 23.0 Å². The molecule has 0 saturated carbocycles. The van der Waals surface area contributed by atoms with Gasteiger partial charge in [0.2, 0.25) is 5.91 Å². The summed E-state index contributed by atoms with van der Waals surface area (Å²) < 4.78 is 11.1. The molecule has 0 aromatic heterocycles. The van der Waals surface area contributed by atoms with E-state index < -0.39 is 28.8 Å². The van der Waals surface area contributed by atoms with Gasteiger partial charge in [0.05, 0.1) is 0 Å². The average molecular weight is 311 g/mol. The minimum absolute atomic E-state index is 0.259. The van der Waals surface area contributed by atoms with Crippen LogP contribution in [0, 0.1) is 5.41 Å². The third-order valence-electron chi connectivity index (χ3n) is 3.21. The zero-order valence-corrected chi connectivity index (χ0v) is 15.1. The number of hydrogen-bond acceptors (Lipinski definition) is 4. The van der Waals surface area contributed by atoms with Crippen LogP contribution in [0.3, 0.4) is 0 Å². The van der Waals surface area contributed by atoms with Gasteiger partial charge in [-0.1, -0.05) is 20.4 Å². The summed E-state index contributed by atoms with van der Waals surface area (Å²) in [7, 11) is 0. The number of ether oxygens (including phenoxy) is 2. The Labute approximate surface area is 133 Å². The van der Waals surface area contributed by atoms with Gasteiger partial charge in [0, 0.05) is 5.41 Å². The summed E-state index contributed by atoms with van der Waals surface area (Å²) >= 11 is 0. The number of imide groups is 1. The number of nitrogens with zero attached hydrogens (tertiary/aromatic N) is 1. The molecule has 0 aromatic rings. The Kier molecular flexibility index (Phi) is 4.71. The summed E-state index contributed by atoms with van der Waals surface area (Å²) in [6.07, 6.45) is -0.174. The SMILES string of the molecule is C=C(OC(C)(C)C)[C@@H]1CC(C)(C)C(=O)N1C(=O)OC(C)(C)C. The topological polar surface area (TPSA) is 55.8 Å². The van der Waals surface area contributed by atoms with Crippen LogP contribution in [0.15, 0.2) is 12.3 Å². The highest BCUT2D eigenvalue weighted by atomic mass is 16.6. The second-order valence-electron chi connectivity index (χ2n) is 8.44. The molecule has 22 heavy (non-hydrogen) atoms. The second kappa shape index (κ2) is 5.60. The highest BCUT2D eigenvalue weighted by molar-refractivity contribution is 5.97. The molecule has 0 unspecified atom stereocenters. The zero-order valence-electron chi connectivity index (χ0n) is 15.1. The van der Waals surface area contributed by atoms with Crippen LogP contribution in [0.25, 0.3) is 0 Å². The first-order chi connectivity index (χ1) is 9.64. The molecule has 0 bridgehead atoms. The Morgan fingerprint density at radius 3 is 2.00 bits per heavy atom. The van der Waals surface area contributed by atoms with Crippen LogP contribution in [0.2, 0.25) is 0 Å². The Morgan fingerprint density at radius 1 is 1.14 bits per heavy atom. The fraction of sp³-hybridized carbons (Fsp3) is 0.765. The maximum absolute atomic E-state index is 12.6. The van der Waals surface area contributed by atoms with Crippen molar-refractivity contribution in [1.29, 1.82) is 0 Å². The number of amides is 2. The number of hydrogen-bond donors (Lipinski definition) is 0. The molecular weight excluding hydrogens is 282 g/mol. The Morgan fingerprint density at radius 2 is 1.59 bits per heavy atom. The van der Waals surface area contributed by atoms with E-state index in [4.69, 9.17) is 9.47 Å². The van der Waals surface area contributed by atoms with Crippen LogP contribution < -0.4 is 0 Å². The quantitative estimate of drug-likeness (QED) is 0.726. The number of carbonyl (C=O) groups is 2. The molecule has 0 spiro atoms. The fourth-order valence-corrected chi connectivity index (χ4v) is 2.37. The molecule has 0 radical (unpaired) electrons. The lowest BCUT2D eigenvalue weighted by molar-refractivity contribution is -0.134. The largest absolute Gasteiger partial charge is 0.491 e. The van der Waals surface area contributed by atoms with E-state index in [2.05, 4.69) is 6.58 Å². The lowest BCUT2D eigenvalue weighted by Gasteiger charge is -2.31. The lowest BCUT2D eigenvalue weighted by atomic mass is 9.89. The van der Waals surface area contributed by atoms with Gasteiger partial charge < -0.3 is 9.47 Å². The normalized spacial score (nSPS) is 21.7. The molecule has 0 aromatic carbocycles. The lowest BCUT2D eigenvalue weighted by Crippen LogP contribution is -2.45. The molecule has 2 amide bonds. The minimum atomic E-state index is -0.666. The first kappa shape index (κ1) is 18.5. The van der Waals surface area contributed by atoms with Crippen LogP contribution >= 0.6 is 0 Å². The molecule has 126 valence electrons. The minimum Gasteiger partial charge on any atom is -0.491 e. The van der Waals surface area contributed by atoms with Gasteiger partial charge >= 0.3 is 6.09 Å². The fourth-order valence-electron chi connectivity index (χ4n) is 2.37. The van der Waals surface area contributed by atoms with Crippen LogP contribution in [-0.2, 0) is 14.3 Å². The van der Waals surface area contributed by atoms with E-state index in [1.54, 1.807) is 20.8 Å². The van der Waals surface area contributed by atoms with Crippen molar-refractivity contribution in [3.05, 3.63) is 12.3 Å². The summed E-state index contributed by atoms with van der Waals surface area (Å²) in [5.41, 5.74) is -1.75. The van der Waals surface area contributed by atoms with Crippen LogP contribution in [0.5, 0.6) is 0 Å². The van der Waals surface area contributed by atoms with E-state index in [-0.39, 0.29) is 5.91 Å². The monoisotopic (exact) mass is 311 g/mol. The van der Waals surface area contributed by atoms with Crippen molar-refractivity contribution < 1.29 is 19.1 Å². The van der Waals surface area contributed by atoms with Crippen molar-refractivity contribution >= 4 is 12.0 Å². The zero-order chi connectivity index (χ0) is 17.5. The van der Waals surface area contributed by atoms with Crippen molar-refractivity contribution in [2.45, 2.75) is 79.1 Å². The van der Waals surface area contributed by atoms with Crippen molar-refractivity contribution in [1.82, 2.24) is 4.90 Å². The molecule has 5 heteroatoms. The molecule has 1 atom stereocenters. The van der Waals surface area contributed by atoms with Gasteiger partial charge in [-0.25, -0.2) is 9.69 Å². The first-order valence-electron chi connectivity index (χ1n) is 7.58. The molecule has 0 aliphatic carbocycles. The maximum atomic E-state index is 12.6. The molecule has 0 N–H and O–H groups in total. The predicted octanol–water partition coefficient (Wildman–Crippen LogP) is 3.88. The van der Waals surface area contributed by atoms with Gasteiger partial charge in [0.25, 0.3) is 0 Å². The molecule has 1 fully saturated rings. The number of likely N-dealkylation sites (tertiary alicyclic amines) is 1. The van der Waals surface area contributed by atoms with Crippen LogP contribution in [0.4, 0.5) is 4.79 Å². The Bertz CT molecular complexity index is 480. The van der Waals surface area contributed by atoms with Gasteiger partial charge in [0.15, 0.2) is 0 Å². The summed E-state index contributed by atoms with van der Waals surface area (Å²) in [5.74, 6) is 0.155. The number of carbonyl (C=O) groups excluding carboxylic acids is 2. The summed E-state index contributed by atoms with van der Waals surface area (Å²) in [5, 5.41) is 0. The van der Waals surface area contributed by atoms with Gasteiger partial charge in [-0.15, -0.1) is 0 Å². The van der Waals surface area contributed by atoms with Crippen molar-refractivity contribution in [3.8, 4) is 0 Å². The van der Waals surface area contributed by atoms with E-state index >= 15 is 0 Å². The van der Waals surface area contributed by atoms with E-state index in [9.17, 15) is 9.59 Å². The van der Waals surface area contributed by atoms with Crippen LogP contribution in [-0.4, -0.2) is 34.1 Å².